The molecule has 0 amide bonds. The Morgan fingerprint density at radius 3 is 2.58 bits per heavy atom. The Labute approximate surface area is 72.8 Å². The minimum absolute atomic E-state index is 0.189. The van der Waals surface area contributed by atoms with Gasteiger partial charge in [0.15, 0.2) is 0 Å². The standard InChI is InChI=1S/C10H12N2/c1-8-5-3-4-6-9(8)10(7-11)12-2/h3-6,10,12H,1-2H3. The Hall–Kier alpha value is -1.33. The summed E-state index contributed by atoms with van der Waals surface area (Å²) < 4.78 is 0. The van der Waals surface area contributed by atoms with Gasteiger partial charge in [-0.1, -0.05) is 24.3 Å². The fraction of sp³-hybridized carbons (Fsp3) is 0.300. The first kappa shape index (κ1) is 8.76. The van der Waals surface area contributed by atoms with E-state index in [1.165, 1.54) is 0 Å². The van der Waals surface area contributed by atoms with Crippen LogP contribution in [0.4, 0.5) is 0 Å². The largest absolute Gasteiger partial charge is 0.301 e. The molecule has 0 aliphatic heterocycles. The second kappa shape index (κ2) is 3.89. The molecule has 1 atom stereocenters. The maximum atomic E-state index is 8.79. The highest BCUT2D eigenvalue weighted by Gasteiger charge is 2.08. The number of hydrogen-bond donors (Lipinski definition) is 1. The monoisotopic (exact) mass is 160 g/mol. The molecule has 2 nitrogen and oxygen atoms in total. The van der Waals surface area contributed by atoms with E-state index in [2.05, 4.69) is 11.4 Å². The van der Waals surface area contributed by atoms with E-state index in [9.17, 15) is 0 Å². The molecule has 0 spiro atoms. The summed E-state index contributed by atoms with van der Waals surface area (Å²) in [4.78, 5) is 0. The van der Waals surface area contributed by atoms with Gasteiger partial charge in [-0.2, -0.15) is 5.26 Å². The molecule has 1 rings (SSSR count). The van der Waals surface area contributed by atoms with Crippen LogP contribution in [0, 0.1) is 18.3 Å². The summed E-state index contributed by atoms with van der Waals surface area (Å²) in [6.45, 7) is 2.01. The SMILES string of the molecule is CNC(C#N)c1ccccc1C. The topological polar surface area (TPSA) is 35.8 Å². The molecule has 1 N–H and O–H groups in total. The predicted octanol–water partition coefficient (Wildman–Crippen LogP) is 1.78. The van der Waals surface area contributed by atoms with Crippen molar-refractivity contribution in [2.45, 2.75) is 13.0 Å². The molecule has 1 aromatic carbocycles. The molecular formula is C10H12N2. The van der Waals surface area contributed by atoms with E-state index in [1.54, 1.807) is 7.05 Å². The third-order valence-corrected chi connectivity index (χ3v) is 1.92. The molecular weight excluding hydrogens is 148 g/mol. The van der Waals surface area contributed by atoms with Gasteiger partial charge in [0.25, 0.3) is 0 Å². The van der Waals surface area contributed by atoms with Crippen molar-refractivity contribution in [3.8, 4) is 6.07 Å². The fourth-order valence-corrected chi connectivity index (χ4v) is 1.20. The van der Waals surface area contributed by atoms with Crippen LogP contribution in [0.2, 0.25) is 0 Å². The normalized spacial score (nSPS) is 12.1. The molecule has 0 aromatic heterocycles. The van der Waals surface area contributed by atoms with Gasteiger partial charge >= 0.3 is 0 Å². The summed E-state index contributed by atoms with van der Waals surface area (Å²) in [5.74, 6) is 0. The number of nitrogens with zero attached hydrogens (tertiary/aromatic N) is 1. The summed E-state index contributed by atoms with van der Waals surface area (Å²) in [5.41, 5.74) is 2.21. The van der Waals surface area contributed by atoms with E-state index < -0.39 is 0 Å². The molecule has 0 saturated heterocycles. The van der Waals surface area contributed by atoms with Gasteiger partial charge in [-0.05, 0) is 25.1 Å². The van der Waals surface area contributed by atoms with Gasteiger partial charge in [0, 0.05) is 0 Å². The molecule has 12 heavy (non-hydrogen) atoms. The predicted molar refractivity (Wildman–Crippen MR) is 48.6 cm³/mol. The Balaban J connectivity index is 3.02. The molecule has 0 fully saturated rings. The minimum atomic E-state index is -0.189. The van der Waals surface area contributed by atoms with Gasteiger partial charge in [0.05, 0.1) is 6.07 Å². The molecule has 2 heteroatoms. The van der Waals surface area contributed by atoms with E-state index >= 15 is 0 Å². The second-order valence-corrected chi connectivity index (χ2v) is 2.71. The number of nitrogens with one attached hydrogen (secondary N) is 1. The number of nitriles is 1. The lowest BCUT2D eigenvalue weighted by molar-refractivity contribution is 0.722. The number of aryl methyl sites for hydroxylation is 1. The molecule has 0 radical (unpaired) electrons. The zero-order valence-corrected chi connectivity index (χ0v) is 7.33. The number of hydrogen-bond acceptors (Lipinski definition) is 2. The first-order valence-electron chi connectivity index (χ1n) is 3.92. The van der Waals surface area contributed by atoms with Crippen LogP contribution in [0.15, 0.2) is 24.3 Å². The molecule has 0 aliphatic carbocycles. The quantitative estimate of drug-likeness (QED) is 0.715. The van der Waals surface area contributed by atoms with Gasteiger partial charge in [0.1, 0.15) is 6.04 Å². The summed E-state index contributed by atoms with van der Waals surface area (Å²) >= 11 is 0. The molecule has 0 heterocycles. The Morgan fingerprint density at radius 1 is 1.42 bits per heavy atom. The van der Waals surface area contributed by atoms with Crippen LogP contribution in [-0.4, -0.2) is 7.05 Å². The smallest absolute Gasteiger partial charge is 0.121 e. The Bertz CT molecular complexity index is 299. The minimum Gasteiger partial charge on any atom is -0.301 e. The highest BCUT2D eigenvalue weighted by atomic mass is 14.9. The lowest BCUT2D eigenvalue weighted by atomic mass is 10.0. The molecule has 1 aromatic rings. The van der Waals surface area contributed by atoms with Crippen LogP contribution in [0.1, 0.15) is 17.2 Å². The number of rotatable bonds is 2. The molecule has 1 unspecified atom stereocenters. The van der Waals surface area contributed by atoms with Crippen molar-refractivity contribution in [2.75, 3.05) is 7.05 Å². The van der Waals surface area contributed by atoms with Crippen LogP contribution in [0.25, 0.3) is 0 Å². The summed E-state index contributed by atoms with van der Waals surface area (Å²) in [6.07, 6.45) is 0. The van der Waals surface area contributed by atoms with Crippen molar-refractivity contribution in [3.63, 3.8) is 0 Å². The maximum absolute atomic E-state index is 8.79. The van der Waals surface area contributed by atoms with E-state index in [0.29, 0.717) is 0 Å². The molecule has 0 bridgehead atoms. The van der Waals surface area contributed by atoms with E-state index in [4.69, 9.17) is 5.26 Å². The lowest BCUT2D eigenvalue weighted by Crippen LogP contribution is -2.14. The number of benzene rings is 1. The zero-order chi connectivity index (χ0) is 8.97. The van der Waals surface area contributed by atoms with Gasteiger partial charge in [-0.3, -0.25) is 0 Å². The zero-order valence-electron chi connectivity index (χ0n) is 7.33. The van der Waals surface area contributed by atoms with Gasteiger partial charge in [0.2, 0.25) is 0 Å². The van der Waals surface area contributed by atoms with Crippen molar-refractivity contribution in [3.05, 3.63) is 35.4 Å². The van der Waals surface area contributed by atoms with Crippen molar-refractivity contribution in [2.24, 2.45) is 0 Å². The van der Waals surface area contributed by atoms with Crippen LogP contribution < -0.4 is 5.32 Å². The molecule has 0 aliphatic rings. The van der Waals surface area contributed by atoms with Crippen molar-refractivity contribution >= 4 is 0 Å². The Morgan fingerprint density at radius 2 is 2.08 bits per heavy atom. The van der Waals surface area contributed by atoms with Gasteiger partial charge < -0.3 is 5.32 Å². The maximum Gasteiger partial charge on any atom is 0.121 e. The van der Waals surface area contributed by atoms with Crippen molar-refractivity contribution in [1.82, 2.24) is 5.32 Å². The summed E-state index contributed by atoms with van der Waals surface area (Å²) in [6, 6.07) is 9.92. The van der Waals surface area contributed by atoms with E-state index in [1.807, 2.05) is 31.2 Å². The van der Waals surface area contributed by atoms with E-state index in [0.717, 1.165) is 11.1 Å². The third kappa shape index (κ3) is 1.63. The fourth-order valence-electron chi connectivity index (χ4n) is 1.20. The third-order valence-electron chi connectivity index (χ3n) is 1.92. The molecule has 0 saturated carbocycles. The molecule has 62 valence electrons. The Kier molecular flexibility index (Phi) is 2.84. The second-order valence-electron chi connectivity index (χ2n) is 2.71. The van der Waals surface area contributed by atoms with Crippen LogP contribution >= 0.6 is 0 Å². The van der Waals surface area contributed by atoms with Crippen LogP contribution in [-0.2, 0) is 0 Å². The summed E-state index contributed by atoms with van der Waals surface area (Å²) in [7, 11) is 1.79. The highest BCUT2D eigenvalue weighted by Crippen LogP contribution is 2.15. The summed E-state index contributed by atoms with van der Waals surface area (Å²) in [5, 5.41) is 11.7. The van der Waals surface area contributed by atoms with Gasteiger partial charge in [-0.15, -0.1) is 0 Å². The lowest BCUT2D eigenvalue weighted by Gasteiger charge is -2.10. The van der Waals surface area contributed by atoms with Gasteiger partial charge in [-0.25, -0.2) is 0 Å². The highest BCUT2D eigenvalue weighted by molar-refractivity contribution is 5.31. The first-order valence-corrected chi connectivity index (χ1v) is 3.92. The van der Waals surface area contributed by atoms with Crippen LogP contribution in [0.5, 0.6) is 0 Å². The average Bonchev–Trinajstić information content (AvgIpc) is 2.10. The van der Waals surface area contributed by atoms with Crippen molar-refractivity contribution < 1.29 is 0 Å². The first-order chi connectivity index (χ1) is 5.79. The van der Waals surface area contributed by atoms with Crippen LogP contribution in [0.3, 0.4) is 0 Å². The average molecular weight is 160 g/mol. The van der Waals surface area contributed by atoms with E-state index in [-0.39, 0.29) is 6.04 Å². The van der Waals surface area contributed by atoms with Crippen molar-refractivity contribution in [1.29, 1.82) is 5.26 Å².